The average molecular weight is 345 g/mol. The van der Waals surface area contributed by atoms with Gasteiger partial charge in [0.1, 0.15) is 0 Å². The molecule has 0 atom stereocenters. The first-order valence-electron chi connectivity index (χ1n) is 8.06. The predicted octanol–water partition coefficient (Wildman–Crippen LogP) is 2.26. The minimum atomic E-state index is -3.39. The molecule has 0 saturated carbocycles. The smallest absolute Gasteiger partial charge is 0.243 e. The van der Waals surface area contributed by atoms with E-state index in [9.17, 15) is 8.42 Å². The fraction of sp³-hybridized carbons (Fsp3) is 0.333. The Morgan fingerprint density at radius 1 is 0.833 bits per heavy atom. The molecule has 1 saturated heterocycles. The van der Waals surface area contributed by atoms with Crippen molar-refractivity contribution in [1.29, 1.82) is 0 Å². The van der Waals surface area contributed by atoms with Crippen LogP contribution < -0.4 is 9.80 Å². The number of hydrogen-bond donors (Lipinski definition) is 0. The zero-order valence-corrected chi connectivity index (χ0v) is 14.9. The van der Waals surface area contributed by atoms with E-state index in [0.717, 1.165) is 11.4 Å². The first kappa shape index (κ1) is 16.8. The minimum absolute atomic E-state index is 0.369. The highest BCUT2D eigenvalue weighted by atomic mass is 32.2. The summed E-state index contributed by atoms with van der Waals surface area (Å²) in [5.41, 5.74) is 2.29. The van der Waals surface area contributed by atoms with Gasteiger partial charge in [-0.15, -0.1) is 0 Å². The SMILES string of the molecule is CN(C)c1ccc(N2CCN(S(=O)(=O)c3ccccc3)CC2)cc1. The summed E-state index contributed by atoms with van der Waals surface area (Å²) in [6.45, 7) is 2.42. The van der Waals surface area contributed by atoms with E-state index < -0.39 is 10.0 Å². The highest BCUT2D eigenvalue weighted by Gasteiger charge is 2.28. The summed E-state index contributed by atoms with van der Waals surface area (Å²) in [7, 11) is 0.647. The maximum Gasteiger partial charge on any atom is 0.243 e. The lowest BCUT2D eigenvalue weighted by molar-refractivity contribution is 0.385. The van der Waals surface area contributed by atoms with Gasteiger partial charge in [0.05, 0.1) is 4.90 Å². The Kier molecular flexibility index (Phi) is 4.78. The van der Waals surface area contributed by atoms with Crippen LogP contribution in [0.3, 0.4) is 0 Å². The molecule has 2 aromatic rings. The Bertz CT molecular complexity index is 766. The molecule has 0 spiro atoms. The third-order valence-corrected chi connectivity index (χ3v) is 6.26. The Morgan fingerprint density at radius 2 is 1.42 bits per heavy atom. The summed E-state index contributed by atoms with van der Waals surface area (Å²) in [5.74, 6) is 0. The summed E-state index contributed by atoms with van der Waals surface area (Å²) >= 11 is 0. The molecule has 0 N–H and O–H groups in total. The predicted molar refractivity (Wildman–Crippen MR) is 98.2 cm³/mol. The van der Waals surface area contributed by atoms with E-state index in [2.05, 4.69) is 34.1 Å². The number of anilines is 2. The van der Waals surface area contributed by atoms with Gasteiger partial charge in [-0.3, -0.25) is 0 Å². The van der Waals surface area contributed by atoms with E-state index in [1.807, 2.05) is 20.2 Å². The summed E-state index contributed by atoms with van der Waals surface area (Å²) in [4.78, 5) is 4.67. The Balaban J connectivity index is 1.67. The van der Waals surface area contributed by atoms with Gasteiger partial charge in [0.25, 0.3) is 0 Å². The van der Waals surface area contributed by atoms with E-state index >= 15 is 0 Å². The van der Waals surface area contributed by atoms with E-state index in [1.165, 1.54) is 0 Å². The number of nitrogens with zero attached hydrogens (tertiary/aromatic N) is 3. The fourth-order valence-corrected chi connectivity index (χ4v) is 4.33. The molecule has 0 radical (unpaired) electrons. The van der Waals surface area contributed by atoms with Crippen LogP contribution in [0.4, 0.5) is 11.4 Å². The Morgan fingerprint density at radius 3 is 1.96 bits per heavy atom. The van der Waals surface area contributed by atoms with Crippen LogP contribution in [-0.4, -0.2) is 53.0 Å². The molecule has 1 aliphatic heterocycles. The quantitative estimate of drug-likeness (QED) is 0.853. The molecule has 1 heterocycles. The molecule has 3 rings (SSSR count). The molecular weight excluding hydrogens is 322 g/mol. The summed E-state index contributed by atoms with van der Waals surface area (Å²) in [6.07, 6.45) is 0. The van der Waals surface area contributed by atoms with Crippen LogP contribution >= 0.6 is 0 Å². The van der Waals surface area contributed by atoms with Gasteiger partial charge in [-0.2, -0.15) is 4.31 Å². The van der Waals surface area contributed by atoms with Gasteiger partial charge in [-0.25, -0.2) is 8.42 Å². The number of rotatable bonds is 4. The highest BCUT2D eigenvalue weighted by molar-refractivity contribution is 7.89. The lowest BCUT2D eigenvalue weighted by Gasteiger charge is -2.35. The van der Waals surface area contributed by atoms with Crippen molar-refractivity contribution in [2.45, 2.75) is 4.90 Å². The lowest BCUT2D eigenvalue weighted by Crippen LogP contribution is -2.48. The van der Waals surface area contributed by atoms with Crippen molar-refractivity contribution in [3.05, 3.63) is 54.6 Å². The van der Waals surface area contributed by atoms with Crippen molar-refractivity contribution in [1.82, 2.24) is 4.31 Å². The molecule has 0 aromatic heterocycles. The largest absolute Gasteiger partial charge is 0.378 e. The normalized spacial score (nSPS) is 16.2. The second-order valence-electron chi connectivity index (χ2n) is 6.12. The Labute approximate surface area is 144 Å². The monoisotopic (exact) mass is 345 g/mol. The van der Waals surface area contributed by atoms with E-state index in [-0.39, 0.29) is 0 Å². The number of hydrogen-bond acceptors (Lipinski definition) is 4. The van der Waals surface area contributed by atoms with E-state index in [0.29, 0.717) is 31.1 Å². The van der Waals surface area contributed by atoms with Gasteiger partial charge in [-0.1, -0.05) is 18.2 Å². The standard InChI is InChI=1S/C18H23N3O2S/c1-19(2)16-8-10-17(11-9-16)20-12-14-21(15-13-20)24(22,23)18-6-4-3-5-7-18/h3-11H,12-15H2,1-2H3. The third-order valence-electron chi connectivity index (χ3n) is 4.35. The zero-order valence-electron chi connectivity index (χ0n) is 14.1. The van der Waals surface area contributed by atoms with Crippen molar-refractivity contribution in [3.8, 4) is 0 Å². The number of benzene rings is 2. The van der Waals surface area contributed by atoms with E-state index in [1.54, 1.807) is 28.6 Å². The number of sulfonamides is 1. The van der Waals surface area contributed by atoms with Crippen LogP contribution in [0.25, 0.3) is 0 Å². The fourth-order valence-electron chi connectivity index (χ4n) is 2.89. The topological polar surface area (TPSA) is 43.9 Å². The van der Waals surface area contributed by atoms with Crippen LogP contribution in [0, 0.1) is 0 Å². The maximum atomic E-state index is 12.7. The first-order chi connectivity index (χ1) is 11.5. The molecule has 5 nitrogen and oxygen atoms in total. The van der Waals surface area contributed by atoms with Crippen LogP contribution in [0.2, 0.25) is 0 Å². The molecule has 0 amide bonds. The summed E-state index contributed by atoms with van der Waals surface area (Å²) in [5, 5.41) is 0. The van der Waals surface area contributed by atoms with Gasteiger partial charge in [0.15, 0.2) is 0 Å². The van der Waals surface area contributed by atoms with Gasteiger partial charge in [0, 0.05) is 51.6 Å². The molecule has 0 bridgehead atoms. The van der Waals surface area contributed by atoms with Crippen molar-refractivity contribution in [3.63, 3.8) is 0 Å². The molecule has 1 fully saturated rings. The third kappa shape index (κ3) is 3.39. The minimum Gasteiger partial charge on any atom is -0.378 e. The van der Waals surface area contributed by atoms with Crippen molar-refractivity contribution in [2.24, 2.45) is 0 Å². The molecule has 0 aliphatic carbocycles. The first-order valence-corrected chi connectivity index (χ1v) is 9.50. The molecule has 2 aromatic carbocycles. The van der Waals surface area contributed by atoms with Crippen molar-refractivity contribution >= 4 is 21.4 Å². The van der Waals surface area contributed by atoms with Crippen LogP contribution in [0.1, 0.15) is 0 Å². The van der Waals surface area contributed by atoms with Crippen LogP contribution in [0.5, 0.6) is 0 Å². The van der Waals surface area contributed by atoms with Crippen molar-refractivity contribution in [2.75, 3.05) is 50.1 Å². The number of piperazine rings is 1. The summed E-state index contributed by atoms with van der Waals surface area (Å²) in [6, 6.07) is 17.0. The summed E-state index contributed by atoms with van der Waals surface area (Å²) < 4.78 is 26.9. The van der Waals surface area contributed by atoms with Gasteiger partial charge < -0.3 is 9.80 Å². The molecule has 0 unspecified atom stereocenters. The van der Waals surface area contributed by atoms with Gasteiger partial charge in [-0.05, 0) is 36.4 Å². The lowest BCUT2D eigenvalue weighted by atomic mass is 10.2. The zero-order chi connectivity index (χ0) is 17.2. The molecular formula is C18H23N3O2S. The molecule has 24 heavy (non-hydrogen) atoms. The maximum absolute atomic E-state index is 12.7. The van der Waals surface area contributed by atoms with Crippen molar-refractivity contribution < 1.29 is 8.42 Å². The van der Waals surface area contributed by atoms with Crippen LogP contribution in [-0.2, 0) is 10.0 Å². The Hall–Kier alpha value is -2.05. The average Bonchev–Trinajstić information content (AvgIpc) is 2.62. The van der Waals surface area contributed by atoms with Crippen LogP contribution in [0.15, 0.2) is 59.5 Å². The highest BCUT2D eigenvalue weighted by Crippen LogP contribution is 2.23. The molecule has 1 aliphatic rings. The van der Waals surface area contributed by atoms with E-state index in [4.69, 9.17) is 0 Å². The second-order valence-corrected chi connectivity index (χ2v) is 8.05. The van der Waals surface area contributed by atoms with Gasteiger partial charge in [0.2, 0.25) is 10.0 Å². The second kappa shape index (κ2) is 6.83. The van der Waals surface area contributed by atoms with Gasteiger partial charge >= 0.3 is 0 Å². The molecule has 6 heteroatoms. The molecule has 128 valence electrons.